The molecule has 0 radical (unpaired) electrons. The maximum absolute atomic E-state index is 12.2. The van der Waals surface area contributed by atoms with Gasteiger partial charge in [0.15, 0.2) is 0 Å². The van der Waals surface area contributed by atoms with Gasteiger partial charge in [0.05, 0.1) is 23.0 Å². The van der Waals surface area contributed by atoms with Gasteiger partial charge in [-0.25, -0.2) is 4.98 Å². The van der Waals surface area contributed by atoms with Crippen molar-refractivity contribution in [3.8, 4) is 0 Å². The van der Waals surface area contributed by atoms with Crippen molar-refractivity contribution in [3.05, 3.63) is 30.6 Å². The molecule has 1 saturated carbocycles. The molecule has 0 saturated heterocycles. The second-order valence-corrected chi connectivity index (χ2v) is 5.61. The van der Waals surface area contributed by atoms with E-state index < -0.39 is 5.60 Å². The van der Waals surface area contributed by atoms with Crippen molar-refractivity contribution >= 4 is 16.9 Å². The molecule has 0 spiro atoms. The topological polar surface area (TPSA) is 67.2 Å². The summed E-state index contributed by atoms with van der Waals surface area (Å²) >= 11 is 0. The lowest BCUT2D eigenvalue weighted by molar-refractivity contribution is -0.126. The van der Waals surface area contributed by atoms with Crippen molar-refractivity contribution in [1.29, 1.82) is 0 Å². The molecule has 1 amide bonds. The summed E-state index contributed by atoms with van der Waals surface area (Å²) in [4.78, 5) is 16.5. The molecule has 1 aromatic heterocycles. The van der Waals surface area contributed by atoms with Crippen molar-refractivity contribution in [3.63, 3.8) is 0 Å². The number of aromatic nitrogens is 2. The van der Waals surface area contributed by atoms with E-state index in [1.54, 1.807) is 6.33 Å². The molecule has 1 atom stereocenters. The van der Waals surface area contributed by atoms with Crippen LogP contribution in [-0.4, -0.2) is 32.7 Å². The van der Waals surface area contributed by atoms with Gasteiger partial charge in [-0.2, -0.15) is 0 Å². The second kappa shape index (κ2) is 4.90. The number of carbonyl (C=O) groups is 1. The molecule has 1 unspecified atom stereocenters. The predicted molar refractivity (Wildman–Crippen MR) is 76.3 cm³/mol. The Morgan fingerprint density at radius 1 is 1.50 bits per heavy atom. The fourth-order valence-electron chi connectivity index (χ4n) is 2.57. The summed E-state index contributed by atoms with van der Waals surface area (Å²) in [5, 5.41) is 12.8. The number of para-hydroxylation sites is 2. The van der Waals surface area contributed by atoms with Gasteiger partial charge in [-0.15, -0.1) is 0 Å². The molecule has 5 heteroatoms. The van der Waals surface area contributed by atoms with Crippen molar-refractivity contribution in [1.82, 2.24) is 14.9 Å². The standard InChI is InChI=1S/C15H19N3O2/c1-11(14(19)16-9-15(20)7-4-8-15)18-10-17-12-5-2-3-6-13(12)18/h2-3,5-6,10-11,20H,4,7-9H2,1H3,(H,16,19). The number of nitrogens with zero attached hydrogens (tertiary/aromatic N) is 2. The lowest BCUT2D eigenvalue weighted by atomic mass is 9.80. The number of imidazole rings is 1. The third-order valence-corrected chi connectivity index (χ3v) is 4.15. The van der Waals surface area contributed by atoms with Gasteiger partial charge >= 0.3 is 0 Å². The van der Waals surface area contributed by atoms with Crippen LogP contribution in [0.4, 0.5) is 0 Å². The normalized spacial score (nSPS) is 18.5. The Balaban J connectivity index is 1.71. The molecule has 0 aliphatic heterocycles. The van der Waals surface area contributed by atoms with Gasteiger partial charge in [-0.3, -0.25) is 4.79 Å². The molecule has 5 nitrogen and oxygen atoms in total. The highest BCUT2D eigenvalue weighted by atomic mass is 16.3. The molecular weight excluding hydrogens is 254 g/mol. The summed E-state index contributed by atoms with van der Waals surface area (Å²) in [6, 6.07) is 7.39. The molecular formula is C15H19N3O2. The van der Waals surface area contributed by atoms with E-state index in [1.165, 1.54) is 0 Å². The van der Waals surface area contributed by atoms with Crippen molar-refractivity contribution in [2.75, 3.05) is 6.54 Å². The van der Waals surface area contributed by atoms with Crippen LogP contribution in [0.25, 0.3) is 11.0 Å². The minimum atomic E-state index is -0.688. The van der Waals surface area contributed by atoms with E-state index in [4.69, 9.17) is 0 Å². The maximum Gasteiger partial charge on any atom is 0.242 e. The smallest absolute Gasteiger partial charge is 0.242 e. The fraction of sp³-hybridized carbons (Fsp3) is 0.467. The Hall–Kier alpha value is -1.88. The Kier molecular flexibility index (Phi) is 3.22. The number of hydrogen-bond acceptors (Lipinski definition) is 3. The molecule has 2 N–H and O–H groups in total. The summed E-state index contributed by atoms with van der Waals surface area (Å²) in [6.07, 6.45) is 4.27. The highest BCUT2D eigenvalue weighted by molar-refractivity contribution is 5.83. The van der Waals surface area contributed by atoms with Crippen LogP contribution in [0.3, 0.4) is 0 Å². The fourth-order valence-corrected chi connectivity index (χ4v) is 2.57. The minimum absolute atomic E-state index is 0.0894. The minimum Gasteiger partial charge on any atom is -0.388 e. The first-order valence-electron chi connectivity index (χ1n) is 7.01. The summed E-state index contributed by atoms with van der Waals surface area (Å²) < 4.78 is 1.86. The van der Waals surface area contributed by atoms with Gasteiger partial charge in [0.25, 0.3) is 0 Å². The Bertz CT molecular complexity index is 631. The monoisotopic (exact) mass is 273 g/mol. The van der Waals surface area contributed by atoms with Crippen molar-refractivity contribution in [2.45, 2.75) is 37.8 Å². The largest absolute Gasteiger partial charge is 0.388 e. The van der Waals surface area contributed by atoms with E-state index in [0.29, 0.717) is 6.54 Å². The molecule has 1 aromatic carbocycles. The average molecular weight is 273 g/mol. The number of rotatable bonds is 4. The maximum atomic E-state index is 12.2. The van der Waals surface area contributed by atoms with Crippen molar-refractivity contribution in [2.24, 2.45) is 0 Å². The van der Waals surface area contributed by atoms with Crippen molar-refractivity contribution < 1.29 is 9.90 Å². The Morgan fingerprint density at radius 3 is 2.95 bits per heavy atom. The summed E-state index contributed by atoms with van der Waals surface area (Å²) in [7, 11) is 0. The Morgan fingerprint density at radius 2 is 2.25 bits per heavy atom. The number of benzene rings is 1. The summed E-state index contributed by atoms with van der Waals surface area (Å²) in [6.45, 7) is 2.18. The van der Waals surface area contributed by atoms with E-state index in [-0.39, 0.29) is 11.9 Å². The van der Waals surface area contributed by atoms with Gasteiger partial charge in [0, 0.05) is 6.54 Å². The van der Waals surface area contributed by atoms with E-state index in [9.17, 15) is 9.90 Å². The second-order valence-electron chi connectivity index (χ2n) is 5.61. The van der Waals surface area contributed by atoms with Crippen LogP contribution in [0.5, 0.6) is 0 Å². The van der Waals surface area contributed by atoms with Gasteiger partial charge in [0.1, 0.15) is 6.04 Å². The number of carbonyl (C=O) groups excluding carboxylic acids is 1. The molecule has 1 fully saturated rings. The van der Waals surface area contributed by atoms with Crippen LogP contribution in [0.1, 0.15) is 32.2 Å². The quantitative estimate of drug-likeness (QED) is 0.889. The van der Waals surface area contributed by atoms with Gasteiger partial charge < -0.3 is 15.0 Å². The first kappa shape index (κ1) is 13.1. The number of hydrogen-bond donors (Lipinski definition) is 2. The zero-order chi connectivity index (χ0) is 14.2. The Labute approximate surface area is 117 Å². The predicted octanol–water partition coefficient (Wildman–Crippen LogP) is 1.63. The summed E-state index contributed by atoms with van der Waals surface area (Å²) in [5.74, 6) is -0.0894. The summed E-state index contributed by atoms with van der Waals surface area (Å²) in [5.41, 5.74) is 1.13. The molecule has 3 rings (SSSR count). The highest BCUT2D eigenvalue weighted by Gasteiger charge is 2.35. The van der Waals surface area contributed by atoms with Crippen LogP contribution >= 0.6 is 0 Å². The molecule has 1 heterocycles. The van der Waals surface area contributed by atoms with Crippen LogP contribution in [0.15, 0.2) is 30.6 Å². The first-order chi connectivity index (χ1) is 9.59. The number of fused-ring (bicyclic) bond motifs is 1. The van der Waals surface area contributed by atoms with Crippen LogP contribution in [0.2, 0.25) is 0 Å². The number of aliphatic hydroxyl groups is 1. The molecule has 106 valence electrons. The third-order valence-electron chi connectivity index (χ3n) is 4.15. The SMILES string of the molecule is CC(C(=O)NCC1(O)CCC1)n1cnc2ccccc21. The third kappa shape index (κ3) is 2.29. The zero-order valence-corrected chi connectivity index (χ0v) is 11.5. The molecule has 20 heavy (non-hydrogen) atoms. The van der Waals surface area contributed by atoms with E-state index >= 15 is 0 Å². The van der Waals surface area contributed by atoms with Crippen LogP contribution in [0, 0.1) is 0 Å². The van der Waals surface area contributed by atoms with Gasteiger partial charge in [-0.1, -0.05) is 12.1 Å². The van der Waals surface area contributed by atoms with Crippen LogP contribution < -0.4 is 5.32 Å². The number of nitrogens with one attached hydrogen (secondary N) is 1. The molecule has 1 aliphatic rings. The average Bonchev–Trinajstić information content (AvgIpc) is 2.85. The molecule has 2 aromatic rings. The van der Waals surface area contributed by atoms with Gasteiger partial charge in [0.2, 0.25) is 5.91 Å². The lowest BCUT2D eigenvalue weighted by Gasteiger charge is -2.36. The first-order valence-corrected chi connectivity index (χ1v) is 7.01. The zero-order valence-electron chi connectivity index (χ0n) is 11.5. The van der Waals surface area contributed by atoms with Gasteiger partial charge in [-0.05, 0) is 38.3 Å². The lowest BCUT2D eigenvalue weighted by Crippen LogP contribution is -2.48. The van der Waals surface area contributed by atoms with E-state index in [0.717, 1.165) is 30.3 Å². The molecule has 0 bridgehead atoms. The number of amides is 1. The van der Waals surface area contributed by atoms with Crippen LogP contribution in [-0.2, 0) is 4.79 Å². The molecule has 1 aliphatic carbocycles. The van der Waals surface area contributed by atoms with E-state index in [1.807, 2.05) is 35.8 Å². The van der Waals surface area contributed by atoms with E-state index in [2.05, 4.69) is 10.3 Å². The highest BCUT2D eigenvalue weighted by Crippen LogP contribution is 2.30.